The zero-order valence-corrected chi connectivity index (χ0v) is 17.3. The predicted octanol–water partition coefficient (Wildman–Crippen LogP) is 3.99. The first-order chi connectivity index (χ1) is 13.0. The van der Waals surface area contributed by atoms with Gasteiger partial charge in [0.05, 0.1) is 17.1 Å². The van der Waals surface area contributed by atoms with E-state index in [0.29, 0.717) is 13.0 Å². The number of hydrogen-bond acceptors (Lipinski definition) is 3. The fraction of sp³-hybridized carbons (Fsp3) is 0.429. The van der Waals surface area contributed by atoms with Crippen molar-refractivity contribution in [3.8, 4) is 0 Å². The Morgan fingerprint density at radius 1 is 1.19 bits per heavy atom. The van der Waals surface area contributed by atoms with Crippen LogP contribution in [-0.2, 0) is 18.4 Å². The topological polar surface area (TPSA) is 51.9 Å². The largest absolute Gasteiger partial charge is 0.349 e. The molecule has 5 nitrogen and oxygen atoms in total. The molecule has 0 aliphatic rings. The zero-order chi connectivity index (χ0) is 19.4. The first-order valence-corrected chi connectivity index (χ1v) is 10.7. The van der Waals surface area contributed by atoms with E-state index in [9.17, 15) is 4.79 Å². The molecule has 144 valence electrons. The molecule has 2 aromatic heterocycles. The summed E-state index contributed by atoms with van der Waals surface area (Å²) in [7, 11) is 2.02. The van der Waals surface area contributed by atoms with Gasteiger partial charge in [0.15, 0.2) is 0 Å². The van der Waals surface area contributed by atoms with Crippen molar-refractivity contribution in [1.29, 1.82) is 0 Å². The number of hydrogen-bond donors (Lipinski definition) is 1. The van der Waals surface area contributed by atoms with Crippen molar-refractivity contribution >= 4 is 28.7 Å². The first-order valence-electron chi connectivity index (χ1n) is 9.33. The number of nitrogens with zero attached hydrogens (tertiary/aromatic N) is 3. The number of thioether (sulfide) groups is 1. The molecule has 0 aliphatic heterocycles. The Morgan fingerprint density at radius 2 is 1.89 bits per heavy atom. The van der Waals surface area contributed by atoms with Crippen LogP contribution in [0.1, 0.15) is 36.1 Å². The monoisotopic (exact) mass is 384 g/mol. The van der Waals surface area contributed by atoms with Crippen LogP contribution in [0, 0.1) is 13.8 Å². The molecule has 3 aromatic rings. The molecule has 6 heteroatoms. The van der Waals surface area contributed by atoms with Gasteiger partial charge in [-0.25, -0.2) is 4.98 Å². The second-order valence-corrected chi connectivity index (χ2v) is 7.92. The first kappa shape index (κ1) is 19.5. The van der Waals surface area contributed by atoms with Gasteiger partial charge in [-0.3, -0.25) is 4.79 Å². The van der Waals surface area contributed by atoms with Gasteiger partial charge >= 0.3 is 0 Å². The van der Waals surface area contributed by atoms with E-state index in [1.807, 2.05) is 25.2 Å². The van der Waals surface area contributed by atoms with Gasteiger partial charge in [0.25, 0.3) is 0 Å². The number of carbonyl (C=O) groups is 1. The van der Waals surface area contributed by atoms with Crippen LogP contribution in [0.15, 0.2) is 36.4 Å². The minimum atomic E-state index is -0.0748. The molecule has 1 N–H and O–H groups in total. The van der Waals surface area contributed by atoms with Crippen LogP contribution in [0.3, 0.4) is 0 Å². The van der Waals surface area contributed by atoms with Crippen molar-refractivity contribution in [3.05, 3.63) is 53.6 Å². The highest BCUT2D eigenvalue weighted by Crippen LogP contribution is 2.23. The van der Waals surface area contributed by atoms with Crippen molar-refractivity contribution in [2.24, 2.45) is 7.05 Å². The summed E-state index contributed by atoms with van der Waals surface area (Å²) in [5, 5.41) is 3.22. The third-order valence-corrected chi connectivity index (χ3v) is 5.70. The number of para-hydroxylation sites is 2. The number of nitrogens with one attached hydrogen (secondary N) is 1. The maximum Gasteiger partial charge on any atom is 0.222 e. The van der Waals surface area contributed by atoms with Crippen LogP contribution < -0.4 is 5.32 Å². The van der Waals surface area contributed by atoms with Crippen molar-refractivity contribution in [3.63, 3.8) is 0 Å². The van der Waals surface area contributed by atoms with Crippen LogP contribution in [0.5, 0.6) is 0 Å². The number of imidazole rings is 1. The maximum absolute atomic E-state index is 12.7. The fourth-order valence-corrected chi connectivity index (χ4v) is 3.98. The van der Waals surface area contributed by atoms with E-state index in [4.69, 9.17) is 4.98 Å². The second-order valence-electron chi connectivity index (χ2n) is 6.94. The molecule has 0 fully saturated rings. The van der Waals surface area contributed by atoms with Gasteiger partial charge in [-0.1, -0.05) is 12.1 Å². The smallest absolute Gasteiger partial charge is 0.222 e. The Bertz CT molecular complexity index is 908. The molecule has 0 radical (unpaired) electrons. The van der Waals surface area contributed by atoms with E-state index >= 15 is 0 Å². The summed E-state index contributed by atoms with van der Waals surface area (Å²) in [5.41, 5.74) is 4.44. The second kappa shape index (κ2) is 8.65. The van der Waals surface area contributed by atoms with Gasteiger partial charge in [0.1, 0.15) is 5.82 Å². The fourth-order valence-electron chi connectivity index (χ4n) is 3.51. The average molecular weight is 385 g/mol. The Balaban J connectivity index is 1.74. The van der Waals surface area contributed by atoms with Gasteiger partial charge in [0.2, 0.25) is 5.91 Å². The van der Waals surface area contributed by atoms with Crippen LogP contribution >= 0.6 is 11.8 Å². The normalized spacial score (nSPS) is 12.4. The number of benzene rings is 1. The van der Waals surface area contributed by atoms with E-state index in [2.05, 4.69) is 52.8 Å². The molecule has 27 heavy (non-hydrogen) atoms. The summed E-state index contributed by atoms with van der Waals surface area (Å²) >= 11 is 1.79. The van der Waals surface area contributed by atoms with Gasteiger partial charge in [0, 0.05) is 31.4 Å². The Labute approximate surface area is 165 Å². The molecule has 2 heterocycles. The molecule has 0 bridgehead atoms. The van der Waals surface area contributed by atoms with Crippen molar-refractivity contribution in [2.45, 2.75) is 39.3 Å². The molecule has 3 rings (SSSR count). The van der Waals surface area contributed by atoms with E-state index in [0.717, 1.165) is 29.0 Å². The highest BCUT2D eigenvalue weighted by atomic mass is 32.2. The third-order valence-electron chi connectivity index (χ3n) is 5.06. The average Bonchev–Trinajstić information content (AvgIpc) is 3.17. The summed E-state index contributed by atoms with van der Waals surface area (Å²) in [4.78, 5) is 17.5. The quantitative estimate of drug-likeness (QED) is 0.639. The number of aryl methyl sites for hydroxylation is 3. The summed E-state index contributed by atoms with van der Waals surface area (Å²) in [6.07, 6.45) is 3.42. The summed E-state index contributed by atoms with van der Waals surface area (Å²) in [5.74, 6) is 1.97. The molecule has 1 aromatic carbocycles. The number of amides is 1. The summed E-state index contributed by atoms with van der Waals surface area (Å²) < 4.78 is 4.28. The van der Waals surface area contributed by atoms with Crippen LogP contribution in [-0.4, -0.2) is 32.0 Å². The molecular weight excluding hydrogens is 356 g/mol. The summed E-state index contributed by atoms with van der Waals surface area (Å²) in [6, 6.07) is 12.2. The van der Waals surface area contributed by atoms with Gasteiger partial charge in [-0.05, 0) is 56.5 Å². The molecule has 1 atom stereocenters. The number of rotatable bonds is 8. The van der Waals surface area contributed by atoms with Gasteiger partial charge in [-0.2, -0.15) is 11.8 Å². The van der Waals surface area contributed by atoms with E-state index in [-0.39, 0.29) is 11.9 Å². The lowest BCUT2D eigenvalue weighted by Gasteiger charge is -2.19. The van der Waals surface area contributed by atoms with Crippen molar-refractivity contribution in [1.82, 2.24) is 19.4 Å². The predicted molar refractivity (Wildman–Crippen MR) is 113 cm³/mol. The molecule has 1 amide bonds. The lowest BCUT2D eigenvalue weighted by atomic mass is 10.2. The van der Waals surface area contributed by atoms with Crippen LogP contribution in [0.2, 0.25) is 0 Å². The molecule has 0 aliphatic carbocycles. The van der Waals surface area contributed by atoms with Crippen LogP contribution in [0.4, 0.5) is 0 Å². The number of aromatic nitrogens is 3. The van der Waals surface area contributed by atoms with Gasteiger partial charge in [-0.15, -0.1) is 0 Å². The summed E-state index contributed by atoms with van der Waals surface area (Å²) in [6.45, 7) is 4.85. The van der Waals surface area contributed by atoms with E-state index in [1.165, 1.54) is 11.4 Å². The minimum Gasteiger partial charge on any atom is -0.349 e. The molecule has 0 saturated carbocycles. The number of fused-ring (bicyclic) bond motifs is 1. The lowest BCUT2D eigenvalue weighted by Crippen LogP contribution is -2.31. The molecule has 0 spiro atoms. The highest BCUT2D eigenvalue weighted by Gasteiger charge is 2.20. The van der Waals surface area contributed by atoms with E-state index in [1.54, 1.807) is 11.8 Å². The highest BCUT2D eigenvalue weighted by molar-refractivity contribution is 7.98. The standard InChI is InChI=1S/C21H28N4OS/c1-15-9-10-16(2)25(15)13-11-20(26)22-18(12-14-27-4)21-23-17-7-5-6-8-19(17)24(21)3/h5-10,18H,11-14H2,1-4H3,(H,22,26). The zero-order valence-electron chi connectivity index (χ0n) is 16.5. The van der Waals surface area contributed by atoms with E-state index < -0.39 is 0 Å². The Hall–Kier alpha value is -2.21. The molecule has 0 saturated heterocycles. The molecule has 1 unspecified atom stereocenters. The number of carbonyl (C=O) groups excluding carboxylic acids is 1. The van der Waals surface area contributed by atoms with Crippen LogP contribution in [0.25, 0.3) is 11.0 Å². The van der Waals surface area contributed by atoms with Gasteiger partial charge < -0.3 is 14.5 Å². The third kappa shape index (κ3) is 4.38. The maximum atomic E-state index is 12.7. The van der Waals surface area contributed by atoms with Crippen molar-refractivity contribution < 1.29 is 4.79 Å². The lowest BCUT2D eigenvalue weighted by molar-refractivity contribution is -0.122. The molecular formula is C21H28N4OS. The van der Waals surface area contributed by atoms with Crippen molar-refractivity contribution in [2.75, 3.05) is 12.0 Å². The Kier molecular flexibility index (Phi) is 6.26. The Morgan fingerprint density at radius 3 is 2.56 bits per heavy atom. The SMILES string of the molecule is CSCCC(NC(=O)CCn1c(C)ccc1C)c1nc2ccccc2n1C. The minimum absolute atomic E-state index is 0.0701.